The molecule has 5 heteroatoms. The topological polar surface area (TPSA) is 57.8 Å². The van der Waals surface area contributed by atoms with E-state index in [0.717, 1.165) is 25.1 Å². The molecule has 0 aromatic carbocycles. The van der Waals surface area contributed by atoms with Gasteiger partial charge in [0.15, 0.2) is 0 Å². The average molecular weight is 259 g/mol. The fourth-order valence-electron chi connectivity index (χ4n) is 2.59. The number of likely N-dealkylation sites (tertiary alicyclic amines) is 1. The van der Waals surface area contributed by atoms with E-state index >= 15 is 0 Å². The summed E-state index contributed by atoms with van der Waals surface area (Å²) in [5, 5.41) is 9.66. The van der Waals surface area contributed by atoms with Crippen LogP contribution in [0.25, 0.3) is 5.65 Å². The molecule has 1 saturated heterocycles. The number of aliphatic hydroxyl groups is 1. The van der Waals surface area contributed by atoms with Crippen LogP contribution in [0.3, 0.4) is 0 Å². The highest BCUT2D eigenvalue weighted by molar-refractivity contribution is 5.37. The number of hydrogen-bond donors (Lipinski definition) is 1. The van der Waals surface area contributed by atoms with Gasteiger partial charge in [-0.1, -0.05) is 6.07 Å². The van der Waals surface area contributed by atoms with E-state index in [1.165, 1.54) is 4.40 Å². The maximum absolute atomic E-state index is 12.0. The van der Waals surface area contributed by atoms with Crippen molar-refractivity contribution in [3.63, 3.8) is 0 Å². The number of piperidine rings is 1. The summed E-state index contributed by atoms with van der Waals surface area (Å²) in [7, 11) is 0. The van der Waals surface area contributed by atoms with Crippen LogP contribution in [0.1, 0.15) is 18.5 Å². The first-order chi connectivity index (χ1) is 9.22. The Bertz CT molecular complexity index is 638. The lowest BCUT2D eigenvalue weighted by Crippen LogP contribution is -2.38. The lowest BCUT2D eigenvalue weighted by Gasteiger charge is -2.29. The standard InChI is InChI=1S/C14H17N3O2/c18-12-4-3-6-16(10-12)9-11-8-14(19)17-7-2-1-5-13(17)15-11/h1-2,5,7-8,12,18H,3-4,6,9-10H2. The van der Waals surface area contributed by atoms with E-state index in [1.807, 2.05) is 18.2 Å². The van der Waals surface area contributed by atoms with Gasteiger partial charge in [-0.3, -0.25) is 14.1 Å². The molecule has 1 aliphatic rings. The second-order valence-corrected chi connectivity index (χ2v) is 5.05. The number of pyridine rings is 1. The average Bonchev–Trinajstić information content (AvgIpc) is 2.39. The van der Waals surface area contributed by atoms with E-state index in [2.05, 4.69) is 9.88 Å². The van der Waals surface area contributed by atoms with Gasteiger partial charge < -0.3 is 5.11 Å². The van der Waals surface area contributed by atoms with E-state index in [1.54, 1.807) is 12.3 Å². The lowest BCUT2D eigenvalue weighted by atomic mass is 10.1. The predicted molar refractivity (Wildman–Crippen MR) is 72.0 cm³/mol. The fraction of sp³-hybridized carbons (Fsp3) is 0.429. The number of rotatable bonds is 2. The van der Waals surface area contributed by atoms with Crippen LogP contribution in [-0.4, -0.2) is 38.6 Å². The minimum Gasteiger partial charge on any atom is -0.392 e. The van der Waals surface area contributed by atoms with E-state index in [-0.39, 0.29) is 11.7 Å². The van der Waals surface area contributed by atoms with Gasteiger partial charge >= 0.3 is 0 Å². The van der Waals surface area contributed by atoms with Gasteiger partial charge in [-0.05, 0) is 31.5 Å². The molecule has 3 heterocycles. The van der Waals surface area contributed by atoms with Crippen LogP contribution in [0.4, 0.5) is 0 Å². The highest BCUT2D eigenvalue weighted by atomic mass is 16.3. The lowest BCUT2D eigenvalue weighted by molar-refractivity contribution is 0.0662. The number of nitrogens with zero attached hydrogens (tertiary/aromatic N) is 3. The normalized spacial score (nSPS) is 20.8. The molecule has 3 rings (SSSR count). The summed E-state index contributed by atoms with van der Waals surface area (Å²) in [6.07, 6.45) is 3.33. The molecule has 1 fully saturated rings. The van der Waals surface area contributed by atoms with Crippen molar-refractivity contribution in [2.75, 3.05) is 13.1 Å². The van der Waals surface area contributed by atoms with Crippen LogP contribution in [0.2, 0.25) is 0 Å². The van der Waals surface area contributed by atoms with Crippen LogP contribution < -0.4 is 5.56 Å². The Hall–Kier alpha value is -1.72. The van der Waals surface area contributed by atoms with Crippen molar-refractivity contribution in [1.82, 2.24) is 14.3 Å². The minimum absolute atomic E-state index is 0.0573. The van der Waals surface area contributed by atoms with Crippen molar-refractivity contribution in [2.24, 2.45) is 0 Å². The highest BCUT2D eigenvalue weighted by Gasteiger charge is 2.18. The fourth-order valence-corrected chi connectivity index (χ4v) is 2.59. The molecule has 0 spiro atoms. The summed E-state index contributed by atoms with van der Waals surface area (Å²) >= 11 is 0. The van der Waals surface area contributed by atoms with E-state index < -0.39 is 0 Å². The molecular weight excluding hydrogens is 242 g/mol. The highest BCUT2D eigenvalue weighted by Crippen LogP contribution is 2.12. The van der Waals surface area contributed by atoms with Crippen LogP contribution in [0, 0.1) is 0 Å². The number of aliphatic hydroxyl groups excluding tert-OH is 1. The van der Waals surface area contributed by atoms with E-state index in [0.29, 0.717) is 18.7 Å². The summed E-state index contributed by atoms with van der Waals surface area (Å²) < 4.78 is 1.54. The predicted octanol–water partition coefficient (Wildman–Crippen LogP) is 0.651. The minimum atomic E-state index is -0.254. The first-order valence-corrected chi connectivity index (χ1v) is 6.60. The molecule has 1 atom stereocenters. The summed E-state index contributed by atoms with van der Waals surface area (Å²) in [4.78, 5) is 18.6. The quantitative estimate of drug-likeness (QED) is 0.860. The second-order valence-electron chi connectivity index (χ2n) is 5.05. The molecule has 0 saturated carbocycles. The zero-order valence-electron chi connectivity index (χ0n) is 10.7. The molecule has 19 heavy (non-hydrogen) atoms. The molecule has 5 nitrogen and oxygen atoms in total. The maximum Gasteiger partial charge on any atom is 0.258 e. The molecule has 1 N–H and O–H groups in total. The molecule has 0 amide bonds. The second kappa shape index (κ2) is 5.11. The van der Waals surface area contributed by atoms with Gasteiger partial charge in [0.2, 0.25) is 0 Å². The Morgan fingerprint density at radius 2 is 2.32 bits per heavy atom. The van der Waals surface area contributed by atoms with Gasteiger partial charge in [-0.2, -0.15) is 0 Å². The van der Waals surface area contributed by atoms with Gasteiger partial charge in [-0.15, -0.1) is 0 Å². The molecular formula is C14H17N3O2. The molecule has 2 aromatic rings. The van der Waals surface area contributed by atoms with Crippen molar-refractivity contribution in [1.29, 1.82) is 0 Å². The number of β-amino-alcohol motifs (C(OH)–C–C–N with tert-alkyl or cyclic N) is 1. The Balaban J connectivity index is 1.87. The van der Waals surface area contributed by atoms with Gasteiger partial charge in [0.1, 0.15) is 5.65 Å². The van der Waals surface area contributed by atoms with E-state index in [9.17, 15) is 9.90 Å². The van der Waals surface area contributed by atoms with E-state index in [4.69, 9.17) is 0 Å². The van der Waals surface area contributed by atoms with Crippen LogP contribution in [0.5, 0.6) is 0 Å². The Morgan fingerprint density at radius 3 is 3.16 bits per heavy atom. The van der Waals surface area contributed by atoms with Crippen molar-refractivity contribution in [3.05, 3.63) is 46.5 Å². The van der Waals surface area contributed by atoms with Gasteiger partial charge in [-0.25, -0.2) is 4.98 Å². The first kappa shape index (κ1) is 12.3. The molecule has 1 unspecified atom stereocenters. The smallest absolute Gasteiger partial charge is 0.258 e. The molecule has 1 aliphatic heterocycles. The third kappa shape index (κ3) is 2.67. The number of aromatic nitrogens is 2. The monoisotopic (exact) mass is 259 g/mol. The summed E-state index contributed by atoms with van der Waals surface area (Å²) in [5.41, 5.74) is 1.38. The Kier molecular flexibility index (Phi) is 3.31. The summed E-state index contributed by atoms with van der Waals surface area (Å²) in [6.45, 7) is 2.24. The Morgan fingerprint density at radius 1 is 1.42 bits per heavy atom. The van der Waals surface area contributed by atoms with Crippen molar-refractivity contribution >= 4 is 5.65 Å². The van der Waals surface area contributed by atoms with Crippen molar-refractivity contribution in [3.8, 4) is 0 Å². The molecule has 0 radical (unpaired) electrons. The van der Waals surface area contributed by atoms with Gasteiger partial charge in [0.25, 0.3) is 5.56 Å². The zero-order valence-corrected chi connectivity index (χ0v) is 10.7. The first-order valence-electron chi connectivity index (χ1n) is 6.60. The van der Waals surface area contributed by atoms with Crippen molar-refractivity contribution in [2.45, 2.75) is 25.5 Å². The molecule has 0 aliphatic carbocycles. The SMILES string of the molecule is O=c1cc(CN2CCCC(O)C2)nc2ccccn12. The van der Waals surface area contributed by atoms with Crippen LogP contribution in [0.15, 0.2) is 35.3 Å². The maximum atomic E-state index is 12.0. The summed E-state index contributed by atoms with van der Waals surface area (Å²) in [6, 6.07) is 7.09. The summed E-state index contributed by atoms with van der Waals surface area (Å²) in [5.74, 6) is 0. The Labute approximate surface area is 111 Å². The molecule has 100 valence electrons. The number of fused-ring (bicyclic) bond motifs is 1. The zero-order chi connectivity index (χ0) is 13.2. The third-order valence-electron chi connectivity index (χ3n) is 3.49. The van der Waals surface area contributed by atoms with Crippen LogP contribution in [-0.2, 0) is 6.54 Å². The molecule has 2 aromatic heterocycles. The third-order valence-corrected chi connectivity index (χ3v) is 3.49. The van der Waals surface area contributed by atoms with Crippen LogP contribution >= 0.6 is 0 Å². The van der Waals surface area contributed by atoms with Gasteiger partial charge in [0, 0.05) is 25.4 Å². The van der Waals surface area contributed by atoms with Crippen molar-refractivity contribution < 1.29 is 5.11 Å². The van der Waals surface area contributed by atoms with Gasteiger partial charge in [0.05, 0.1) is 11.8 Å². The largest absolute Gasteiger partial charge is 0.392 e. The molecule has 0 bridgehead atoms. The number of hydrogen-bond acceptors (Lipinski definition) is 4.